The number of hydrogen-bond donors (Lipinski definition) is 1. The van der Waals surface area contributed by atoms with Gasteiger partial charge in [-0.1, -0.05) is 30.8 Å². The normalized spacial score (nSPS) is 19.0. The van der Waals surface area contributed by atoms with Gasteiger partial charge >= 0.3 is 0 Å². The average Bonchev–Trinajstić information content (AvgIpc) is 3.44. The molecule has 4 heterocycles. The number of carbonyl (C=O) groups is 1. The van der Waals surface area contributed by atoms with Gasteiger partial charge in [-0.25, -0.2) is 0 Å². The second-order valence-electron chi connectivity index (χ2n) is 8.27. The molecule has 1 aliphatic heterocycles. The summed E-state index contributed by atoms with van der Waals surface area (Å²) in [5.41, 5.74) is 0. The van der Waals surface area contributed by atoms with Crippen LogP contribution < -0.4 is 10.2 Å². The van der Waals surface area contributed by atoms with Crippen LogP contribution >= 0.6 is 11.8 Å². The van der Waals surface area contributed by atoms with Crippen molar-refractivity contribution in [3.8, 4) is 0 Å². The van der Waals surface area contributed by atoms with Crippen LogP contribution in [0.1, 0.15) is 38.2 Å². The highest BCUT2D eigenvalue weighted by molar-refractivity contribution is 7.99. The number of carbonyl (C=O) groups excluding carboxylic acids is 1. The highest BCUT2D eigenvalue weighted by Gasteiger charge is 2.27. The third-order valence-corrected chi connectivity index (χ3v) is 6.17. The van der Waals surface area contributed by atoms with Crippen LogP contribution in [0.15, 0.2) is 38.6 Å². The molecule has 0 aromatic carbocycles. The Hall–Kier alpha value is -2.75. The summed E-state index contributed by atoms with van der Waals surface area (Å²) in [5, 5.41) is 16.3. The summed E-state index contributed by atoms with van der Waals surface area (Å²) in [5.74, 6) is 4.48. The van der Waals surface area contributed by atoms with E-state index < -0.39 is 0 Å². The summed E-state index contributed by atoms with van der Waals surface area (Å²) in [6, 6.07) is 5.53. The number of anilines is 2. The lowest BCUT2D eigenvalue weighted by Gasteiger charge is -2.35. The molecule has 0 saturated carbocycles. The largest absolute Gasteiger partial charge is 0.467 e. The first kappa shape index (κ1) is 21.5. The third kappa shape index (κ3) is 5.49. The van der Waals surface area contributed by atoms with Gasteiger partial charge in [-0.2, -0.15) is 0 Å². The van der Waals surface area contributed by atoms with Crippen molar-refractivity contribution in [3.63, 3.8) is 0 Å². The van der Waals surface area contributed by atoms with Crippen molar-refractivity contribution >= 4 is 29.4 Å². The summed E-state index contributed by atoms with van der Waals surface area (Å²) in [6.45, 7) is 8.82. The Balaban J connectivity index is 1.43. The summed E-state index contributed by atoms with van der Waals surface area (Å²) >= 11 is 1.52. The second kappa shape index (κ2) is 9.59. The van der Waals surface area contributed by atoms with Gasteiger partial charge in [-0.15, -0.1) is 10.2 Å². The zero-order valence-electron chi connectivity index (χ0n) is 18.1. The predicted molar refractivity (Wildman–Crippen MR) is 118 cm³/mol. The molecule has 4 rings (SSSR count). The summed E-state index contributed by atoms with van der Waals surface area (Å²) < 4.78 is 12.6. The standard InChI is InChI=1S/C21H28N6O3S/c1-14-9-15(2)12-26(11-14)20-23-24-21(27(20)13-17-5-4-7-29-17)31-8-6-19(28)22-18-10-16(3)30-25-18/h4-5,7,10,14-15H,6,8-9,11-13H2,1-3H3,(H,22,25,28). The fourth-order valence-electron chi connectivity index (χ4n) is 4.01. The fraction of sp³-hybridized carbons (Fsp3) is 0.524. The highest BCUT2D eigenvalue weighted by Crippen LogP contribution is 2.29. The van der Waals surface area contributed by atoms with Crippen LogP contribution in [0.2, 0.25) is 0 Å². The van der Waals surface area contributed by atoms with E-state index in [1.54, 1.807) is 19.3 Å². The molecule has 9 nitrogen and oxygen atoms in total. The first-order chi connectivity index (χ1) is 15.0. The van der Waals surface area contributed by atoms with E-state index in [0.29, 0.717) is 42.1 Å². The van der Waals surface area contributed by atoms with Crippen LogP contribution in [-0.2, 0) is 11.3 Å². The van der Waals surface area contributed by atoms with Crippen molar-refractivity contribution in [1.29, 1.82) is 0 Å². The topological polar surface area (TPSA) is 102 Å². The zero-order chi connectivity index (χ0) is 21.8. The molecule has 31 heavy (non-hydrogen) atoms. The minimum absolute atomic E-state index is 0.114. The molecular formula is C21H28N6O3S. The molecule has 10 heteroatoms. The molecule has 2 atom stereocenters. The number of amides is 1. The molecule has 1 amide bonds. The Morgan fingerprint density at radius 2 is 2.10 bits per heavy atom. The molecule has 1 saturated heterocycles. The quantitative estimate of drug-likeness (QED) is 0.523. The van der Waals surface area contributed by atoms with Crippen molar-refractivity contribution in [2.45, 2.75) is 45.3 Å². The number of furan rings is 1. The van der Waals surface area contributed by atoms with Crippen LogP contribution in [0.4, 0.5) is 11.8 Å². The molecule has 0 bridgehead atoms. The lowest BCUT2D eigenvalue weighted by molar-refractivity contribution is -0.115. The molecule has 1 N–H and O–H groups in total. The molecule has 0 aliphatic carbocycles. The first-order valence-electron chi connectivity index (χ1n) is 10.5. The van der Waals surface area contributed by atoms with Gasteiger partial charge in [0.1, 0.15) is 11.5 Å². The lowest BCUT2D eigenvalue weighted by atomic mass is 9.92. The lowest BCUT2D eigenvalue weighted by Crippen LogP contribution is -2.40. The molecule has 3 aromatic heterocycles. The molecule has 0 radical (unpaired) electrons. The van der Waals surface area contributed by atoms with Gasteiger partial charge < -0.3 is 19.2 Å². The van der Waals surface area contributed by atoms with Gasteiger partial charge in [0.2, 0.25) is 11.9 Å². The van der Waals surface area contributed by atoms with Crippen LogP contribution in [0.3, 0.4) is 0 Å². The summed E-state index contributed by atoms with van der Waals surface area (Å²) in [6.07, 6.45) is 3.23. The van der Waals surface area contributed by atoms with Crippen molar-refractivity contribution in [1.82, 2.24) is 19.9 Å². The number of nitrogens with zero attached hydrogens (tertiary/aromatic N) is 5. The van der Waals surface area contributed by atoms with E-state index in [4.69, 9.17) is 8.94 Å². The number of hydrogen-bond acceptors (Lipinski definition) is 8. The first-order valence-corrected chi connectivity index (χ1v) is 11.5. The smallest absolute Gasteiger partial charge is 0.228 e. The monoisotopic (exact) mass is 444 g/mol. The van der Waals surface area contributed by atoms with E-state index in [2.05, 4.69) is 44.0 Å². The van der Waals surface area contributed by atoms with E-state index in [9.17, 15) is 4.79 Å². The maximum atomic E-state index is 12.2. The average molecular weight is 445 g/mol. The number of aromatic nitrogens is 4. The Bertz CT molecular complexity index is 989. The molecule has 1 fully saturated rings. The number of aryl methyl sites for hydroxylation is 1. The number of nitrogens with one attached hydrogen (secondary N) is 1. The fourth-order valence-corrected chi connectivity index (χ4v) is 4.88. The van der Waals surface area contributed by atoms with E-state index in [0.717, 1.165) is 30.0 Å². The van der Waals surface area contributed by atoms with E-state index in [-0.39, 0.29) is 5.91 Å². The van der Waals surface area contributed by atoms with Crippen molar-refractivity contribution in [2.24, 2.45) is 11.8 Å². The number of rotatable bonds is 8. The minimum atomic E-state index is -0.114. The van der Waals surface area contributed by atoms with Crippen LogP contribution in [0, 0.1) is 18.8 Å². The van der Waals surface area contributed by atoms with Gasteiger partial charge in [0.25, 0.3) is 0 Å². The molecule has 1 aliphatic rings. The summed E-state index contributed by atoms with van der Waals surface area (Å²) in [7, 11) is 0. The molecule has 166 valence electrons. The van der Waals surface area contributed by atoms with Gasteiger partial charge in [0.15, 0.2) is 11.0 Å². The Kier molecular flexibility index (Phi) is 6.64. The van der Waals surface area contributed by atoms with Crippen molar-refractivity contribution < 1.29 is 13.7 Å². The molecular weight excluding hydrogens is 416 g/mol. The number of thioether (sulfide) groups is 1. The molecule has 2 unspecified atom stereocenters. The highest BCUT2D eigenvalue weighted by atomic mass is 32.2. The minimum Gasteiger partial charge on any atom is -0.467 e. The predicted octanol–water partition coefficient (Wildman–Crippen LogP) is 3.82. The van der Waals surface area contributed by atoms with E-state index in [1.807, 2.05) is 12.1 Å². The van der Waals surface area contributed by atoms with Crippen LogP contribution in [0.5, 0.6) is 0 Å². The van der Waals surface area contributed by atoms with E-state index >= 15 is 0 Å². The maximum absolute atomic E-state index is 12.2. The summed E-state index contributed by atoms with van der Waals surface area (Å²) in [4.78, 5) is 14.5. The van der Waals surface area contributed by atoms with Gasteiger partial charge in [-0.3, -0.25) is 9.36 Å². The molecule has 0 spiro atoms. The van der Waals surface area contributed by atoms with Crippen LogP contribution in [0.25, 0.3) is 0 Å². The Labute approximate surface area is 185 Å². The van der Waals surface area contributed by atoms with Gasteiger partial charge in [-0.05, 0) is 37.3 Å². The third-order valence-electron chi connectivity index (χ3n) is 5.20. The maximum Gasteiger partial charge on any atom is 0.228 e. The number of piperidine rings is 1. The van der Waals surface area contributed by atoms with Crippen LogP contribution in [-0.4, -0.2) is 44.7 Å². The Morgan fingerprint density at radius 3 is 2.77 bits per heavy atom. The zero-order valence-corrected chi connectivity index (χ0v) is 18.9. The van der Waals surface area contributed by atoms with Gasteiger partial charge in [0.05, 0.1) is 12.8 Å². The van der Waals surface area contributed by atoms with E-state index in [1.165, 1.54) is 18.2 Å². The molecule has 3 aromatic rings. The van der Waals surface area contributed by atoms with Crippen molar-refractivity contribution in [3.05, 3.63) is 36.0 Å². The SMILES string of the molecule is Cc1cc(NC(=O)CCSc2nnc(N3CC(C)CC(C)C3)n2Cc2ccco2)no1. The van der Waals surface area contributed by atoms with Gasteiger partial charge in [0, 0.05) is 31.3 Å². The Morgan fingerprint density at radius 1 is 1.29 bits per heavy atom. The van der Waals surface area contributed by atoms with Crippen molar-refractivity contribution in [2.75, 3.05) is 29.1 Å². The second-order valence-corrected chi connectivity index (χ2v) is 9.33.